The normalized spacial score (nSPS) is 17.1. The molecular formula is C16H18O3. The van der Waals surface area contributed by atoms with E-state index in [2.05, 4.69) is 17.9 Å². The van der Waals surface area contributed by atoms with E-state index in [0.29, 0.717) is 0 Å². The molecule has 3 nitrogen and oxygen atoms in total. The van der Waals surface area contributed by atoms with Crippen LogP contribution in [0.1, 0.15) is 24.3 Å². The SMILES string of the molecule is COc1cc(OC)c(C2C=CC#CCC2)c(OC)c1. The summed E-state index contributed by atoms with van der Waals surface area (Å²) >= 11 is 0. The molecule has 0 heterocycles. The minimum Gasteiger partial charge on any atom is -0.496 e. The highest BCUT2D eigenvalue weighted by molar-refractivity contribution is 5.54. The Labute approximate surface area is 114 Å². The van der Waals surface area contributed by atoms with Gasteiger partial charge in [-0.2, -0.15) is 0 Å². The van der Waals surface area contributed by atoms with Gasteiger partial charge in [0.15, 0.2) is 0 Å². The summed E-state index contributed by atoms with van der Waals surface area (Å²) < 4.78 is 16.2. The van der Waals surface area contributed by atoms with Crippen LogP contribution in [0.3, 0.4) is 0 Å². The standard InChI is InChI=1S/C16H18O3/c1-17-13-10-14(18-2)16(15(11-13)19-3)12-8-6-4-5-7-9-12/h6,8,10-12H,7,9H2,1-3H3. The van der Waals surface area contributed by atoms with Crippen molar-refractivity contribution in [2.45, 2.75) is 18.8 Å². The quantitative estimate of drug-likeness (QED) is 0.776. The largest absolute Gasteiger partial charge is 0.496 e. The summed E-state index contributed by atoms with van der Waals surface area (Å²) in [5.74, 6) is 8.64. The van der Waals surface area contributed by atoms with Crippen LogP contribution in [-0.4, -0.2) is 21.3 Å². The third kappa shape index (κ3) is 2.85. The predicted molar refractivity (Wildman–Crippen MR) is 75.0 cm³/mol. The number of hydrogen-bond donors (Lipinski definition) is 0. The van der Waals surface area contributed by atoms with Crippen LogP contribution in [0.25, 0.3) is 0 Å². The van der Waals surface area contributed by atoms with Gasteiger partial charge in [-0.1, -0.05) is 17.9 Å². The Morgan fingerprint density at radius 1 is 1.05 bits per heavy atom. The lowest BCUT2D eigenvalue weighted by Gasteiger charge is -2.20. The molecular weight excluding hydrogens is 240 g/mol. The molecule has 1 unspecified atom stereocenters. The van der Waals surface area contributed by atoms with Crippen LogP contribution in [0.2, 0.25) is 0 Å². The molecule has 0 bridgehead atoms. The van der Waals surface area contributed by atoms with Crippen molar-refractivity contribution in [1.82, 2.24) is 0 Å². The van der Waals surface area contributed by atoms with Crippen molar-refractivity contribution in [3.05, 3.63) is 29.8 Å². The van der Waals surface area contributed by atoms with Gasteiger partial charge in [0.1, 0.15) is 17.2 Å². The smallest absolute Gasteiger partial charge is 0.130 e. The second kappa shape index (κ2) is 6.19. The van der Waals surface area contributed by atoms with Gasteiger partial charge in [0.05, 0.1) is 21.3 Å². The van der Waals surface area contributed by atoms with Crippen LogP contribution >= 0.6 is 0 Å². The number of methoxy groups -OCH3 is 3. The molecule has 2 rings (SSSR count). The zero-order chi connectivity index (χ0) is 13.7. The zero-order valence-corrected chi connectivity index (χ0v) is 11.5. The van der Waals surface area contributed by atoms with Crippen molar-refractivity contribution in [2.24, 2.45) is 0 Å². The molecule has 0 N–H and O–H groups in total. The van der Waals surface area contributed by atoms with E-state index in [9.17, 15) is 0 Å². The van der Waals surface area contributed by atoms with Crippen molar-refractivity contribution in [2.75, 3.05) is 21.3 Å². The van der Waals surface area contributed by atoms with Crippen molar-refractivity contribution >= 4 is 0 Å². The second-order valence-electron chi connectivity index (χ2n) is 4.27. The summed E-state index contributed by atoms with van der Waals surface area (Å²) in [5, 5.41) is 0. The topological polar surface area (TPSA) is 27.7 Å². The first-order chi connectivity index (χ1) is 9.30. The Hall–Kier alpha value is -2.08. The first-order valence-corrected chi connectivity index (χ1v) is 6.25. The highest BCUT2D eigenvalue weighted by atomic mass is 16.5. The third-order valence-corrected chi connectivity index (χ3v) is 3.22. The lowest BCUT2D eigenvalue weighted by molar-refractivity contribution is 0.366. The average molecular weight is 258 g/mol. The fourth-order valence-electron chi connectivity index (χ4n) is 2.26. The lowest BCUT2D eigenvalue weighted by atomic mass is 9.92. The Morgan fingerprint density at radius 3 is 2.32 bits per heavy atom. The molecule has 3 heteroatoms. The number of allylic oxidation sites excluding steroid dienone is 2. The Bertz CT molecular complexity index is 510. The maximum atomic E-state index is 5.49. The fourth-order valence-corrected chi connectivity index (χ4v) is 2.26. The summed E-state index contributed by atoms with van der Waals surface area (Å²) in [5.41, 5.74) is 1.05. The first kappa shape index (κ1) is 13.4. The van der Waals surface area contributed by atoms with Gasteiger partial charge in [-0.25, -0.2) is 0 Å². The molecule has 0 spiro atoms. The van der Waals surface area contributed by atoms with Crippen molar-refractivity contribution in [1.29, 1.82) is 0 Å². The molecule has 0 fully saturated rings. The molecule has 0 radical (unpaired) electrons. The van der Waals surface area contributed by atoms with Crippen LogP contribution in [0.4, 0.5) is 0 Å². The molecule has 19 heavy (non-hydrogen) atoms. The zero-order valence-electron chi connectivity index (χ0n) is 11.5. The number of benzene rings is 1. The Morgan fingerprint density at radius 2 is 1.74 bits per heavy atom. The first-order valence-electron chi connectivity index (χ1n) is 6.25. The monoisotopic (exact) mass is 258 g/mol. The van der Waals surface area contributed by atoms with Crippen LogP contribution in [0.5, 0.6) is 17.2 Å². The molecule has 1 aliphatic rings. The van der Waals surface area contributed by atoms with Crippen LogP contribution < -0.4 is 14.2 Å². The van der Waals surface area contributed by atoms with E-state index < -0.39 is 0 Å². The maximum Gasteiger partial charge on any atom is 0.130 e. The van der Waals surface area contributed by atoms with Gasteiger partial charge in [-0.05, 0) is 12.5 Å². The van der Waals surface area contributed by atoms with Crippen molar-refractivity contribution in [3.8, 4) is 29.1 Å². The van der Waals surface area contributed by atoms with Crippen molar-refractivity contribution in [3.63, 3.8) is 0 Å². The van der Waals surface area contributed by atoms with E-state index >= 15 is 0 Å². The van der Waals surface area contributed by atoms with E-state index in [0.717, 1.165) is 35.7 Å². The molecule has 1 aromatic rings. The molecule has 1 aliphatic carbocycles. The fraction of sp³-hybridized carbons (Fsp3) is 0.375. The van der Waals surface area contributed by atoms with Crippen LogP contribution in [-0.2, 0) is 0 Å². The molecule has 1 aromatic carbocycles. The highest BCUT2D eigenvalue weighted by Gasteiger charge is 2.20. The van der Waals surface area contributed by atoms with Gasteiger partial charge in [0.2, 0.25) is 0 Å². The van der Waals surface area contributed by atoms with E-state index in [1.807, 2.05) is 18.2 Å². The van der Waals surface area contributed by atoms with Crippen LogP contribution in [0, 0.1) is 11.8 Å². The van der Waals surface area contributed by atoms with Gasteiger partial charge in [0.25, 0.3) is 0 Å². The molecule has 0 aromatic heterocycles. The highest BCUT2D eigenvalue weighted by Crippen LogP contribution is 2.41. The third-order valence-electron chi connectivity index (χ3n) is 3.22. The summed E-state index contributed by atoms with van der Waals surface area (Å²) in [6, 6.07) is 3.77. The number of hydrogen-bond acceptors (Lipinski definition) is 3. The van der Waals surface area contributed by atoms with Gasteiger partial charge in [-0.15, -0.1) is 0 Å². The lowest BCUT2D eigenvalue weighted by Crippen LogP contribution is -2.03. The molecule has 100 valence electrons. The molecule has 1 atom stereocenters. The summed E-state index contributed by atoms with van der Waals surface area (Å²) in [4.78, 5) is 0. The van der Waals surface area contributed by atoms with Crippen LogP contribution in [0.15, 0.2) is 24.3 Å². The number of rotatable bonds is 4. The molecule has 0 amide bonds. The Balaban J connectivity index is 2.48. The van der Waals surface area contributed by atoms with Gasteiger partial charge in [0, 0.05) is 30.0 Å². The summed E-state index contributed by atoms with van der Waals surface area (Å²) in [7, 11) is 4.95. The summed E-state index contributed by atoms with van der Waals surface area (Å²) in [6.45, 7) is 0. The minimum atomic E-state index is 0.235. The molecule has 0 saturated carbocycles. The summed E-state index contributed by atoms with van der Waals surface area (Å²) in [6.07, 6.45) is 5.84. The minimum absolute atomic E-state index is 0.235. The van der Waals surface area contributed by atoms with Gasteiger partial charge >= 0.3 is 0 Å². The van der Waals surface area contributed by atoms with E-state index in [-0.39, 0.29) is 5.92 Å². The molecule has 0 aliphatic heterocycles. The predicted octanol–water partition coefficient (Wildman–Crippen LogP) is 3.15. The maximum absolute atomic E-state index is 5.49. The average Bonchev–Trinajstić information content (AvgIpc) is 2.74. The Kier molecular flexibility index (Phi) is 4.35. The molecule has 0 saturated heterocycles. The van der Waals surface area contributed by atoms with Crippen molar-refractivity contribution < 1.29 is 14.2 Å². The van der Waals surface area contributed by atoms with Gasteiger partial charge < -0.3 is 14.2 Å². The van der Waals surface area contributed by atoms with E-state index in [1.54, 1.807) is 21.3 Å². The van der Waals surface area contributed by atoms with E-state index in [4.69, 9.17) is 14.2 Å². The number of ether oxygens (including phenoxy) is 3. The second-order valence-corrected chi connectivity index (χ2v) is 4.27. The van der Waals surface area contributed by atoms with Gasteiger partial charge in [-0.3, -0.25) is 0 Å². The van der Waals surface area contributed by atoms with E-state index in [1.165, 1.54) is 0 Å².